The highest BCUT2D eigenvalue weighted by Gasteiger charge is 2.02. The Balaban J connectivity index is 3.01. The maximum absolute atomic E-state index is 12.6. The molecule has 1 amide bonds. The van der Waals surface area contributed by atoms with Gasteiger partial charge >= 0.3 is 6.09 Å². The fourth-order valence-electron chi connectivity index (χ4n) is 1.01. The summed E-state index contributed by atoms with van der Waals surface area (Å²) in [5.74, 6) is 0. The standard InChI is InChI=1S/C10H21FN2O4/c11-9(7-12)8-17-6-2-5-16-4-1-3-13-10(14)15/h9,13H,1-8,12H2,(H,14,15). The molecule has 0 aromatic carbocycles. The Morgan fingerprint density at radius 1 is 1.29 bits per heavy atom. The second-order valence-electron chi connectivity index (χ2n) is 3.46. The third-order valence-electron chi connectivity index (χ3n) is 1.87. The molecule has 1 atom stereocenters. The van der Waals surface area contributed by atoms with Gasteiger partial charge in [0, 0.05) is 32.9 Å². The summed E-state index contributed by atoms with van der Waals surface area (Å²) >= 11 is 0. The van der Waals surface area contributed by atoms with Gasteiger partial charge in [-0.25, -0.2) is 9.18 Å². The van der Waals surface area contributed by atoms with E-state index in [-0.39, 0.29) is 13.2 Å². The number of rotatable bonds is 11. The van der Waals surface area contributed by atoms with Crippen molar-refractivity contribution in [3.05, 3.63) is 0 Å². The Morgan fingerprint density at radius 2 is 1.94 bits per heavy atom. The molecule has 4 N–H and O–H groups in total. The number of alkyl halides is 1. The zero-order valence-corrected chi connectivity index (χ0v) is 9.86. The van der Waals surface area contributed by atoms with Gasteiger partial charge in [-0.1, -0.05) is 0 Å². The number of halogens is 1. The van der Waals surface area contributed by atoms with Crippen LogP contribution in [0.3, 0.4) is 0 Å². The van der Waals surface area contributed by atoms with E-state index >= 15 is 0 Å². The molecule has 0 aliphatic rings. The first-order valence-corrected chi connectivity index (χ1v) is 5.63. The van der Waals surface area contributed by atoms with Gasteiger partial charge < -0.3 is 25.6 Å². The van der Waals surface area contributed by atoms with E-state index in [1.807, 2.05) is 0 Å². The summed E-state index contributed by atoms with van der Waals surface area (Å²) in [6.07, 6.45) is -0.812. The highest BCUT2D eigenvalue weighted by Crippen LogP contribution is 1.92. The monoisotopic (exact) mass is 252 g/mol. The van der Waals surface area contributed by atoms with Crippen LogP contribution in [0.5, 0.6) is 0 Å². The number of ether oxygens (including phenoxy) is 2. The minimum atomic E-state index is -1.10. The Labute approximate surface area is 100 Å². The summed E-state index contributed by atoms with van der Waals surface area (Å²) in [6.45, 7) is 1.84. The number of carboxylic acid groups (broad SMARTS) is 1. The molecule has 0 spiro atoms. The minimum absolute atomic E-state index is 0.0208. The number of nitrogens with one attached hydrogen (secondary N) is 1. The number of nitrogens with two attached hydrogens (primary N) is 1. The molecular formula is C10H21FN2O4. The van der Waals surface area contributed by atoms with Crippen molar-refractivity contribution in [1.82, 2.24) is 5.32 Å². The van der Waals surface area contributed by atoms with Crippen LogP contribution in [0.2, 0.25) is 0 Å². The lowest BCUT2D eigenvalue weighted by molar-refractivity contribution is 0.0574. The number of hydrogen-bond acceptors (Lipinski definition) is 4. The zero-order chi connectivity index (χ0) is 12.9. The normalized spacial score (nSPS) is 12.4. The zero-order valence-electron chi connectivity index (χ0n) is 9.86. The lowest BCUT2D eigenvalue weighted by atomic mass is 10.4. The first kappa shape index (κ1) is 16.1. The van der Waals surface area contributed by atoms with E-state index in [0.717, 1.165) is 0 Å². The molecule has 7 heteroatoms. The van der Waals surface area contributed by atoms with Gasteiger partial charge in [-0.15, -0.1) is 0 Å². The molecule has 17 heavy (non-hydrogen) atoms. The lowest BCUT2D eigenvalue weighted by Crippen LogP contribution is -2.23. The van der Waals surface area contributed by atoms with Crippen molar-refractivity contribution in [1.29, 1.82) is 0 Å². The van der Waals surface area contributed by atoms with E-state index in [4.69, 9.17) is 20.3 Å². The summed E-state index contributed by atoms with van der Waals surface area (Å²) in [5.41, 5.74) is 5.07. The summed E-state index contributed by atoms with van der Waals surface area (Å²) in [5, 5.41) is 10.5. The van der Waals surface area contributed by atoms with Crippen LogP contribution in [0, 0.1) is 0 Å². The van der Waals surface area contributed by atoms with E-state index in [1.165, 1.54) is 0 Å². The fourth-order valence-corrected chi connectivity index (χ4v) is 1.01. The van der Waals surface area contributed by atoms with Gasteiger partial charge in [0.05, 0.1) is 6.61 Å². The van der Waals surface area contributed by atoms with Crippen molar-refractivity contribution in [2.24, 2.45) is 5.73 Å². The van der Waals surface area contributed by atoms with Crippen LogP contribution in [0.4, 0.5) is 9.18 Å². The SMILES string of the molecule is NCC(F)COCCCOCCCNC(=O)O. The average molecular weight is 252 g/mol. The molecule has 0 aromatic rings. The average Bonchev–Trinajstić information content (AvgIpc) is 2.30. The van der Waals surface area contributed by atoms with E-state index in [1.54, 1.807) is 0 Å². The van der Waals surface area contributed by atoms with Crippen LogP contribution in [0.15, 0.2) is 0 Å². The van der Waals surface area contributed by atoms with E-state index in [9.17, 15) is 9.18 Å². The first-order chi connectivity index (χ1) is 8.16. The second-order valence-corrected chi connectivity index (χ2v) is 3.46. The maximum Gasteiger partial charge on any atom is 0.404 e. The molecule has 1 unspecified atom stereocenters. The Hall–Kier alpha value is -0.920. The van der Waals surface area contributed by atoms with Gasteiger partial charge in [0.15, 0.2) is 0 Å². The van der Waals surface area contributed by atoms with Crippen LogP contribution in [-0.4, -0.2) is 56.9 Å². The van der Waals surface area contributed by atoms with Crippen LogP contribution in [-0.2, 0) is 9.47 Å². The quantitative estimate of drug-likeness (QED) is 0.462. The molecule has 0 aliphatic carbocycles. The number of amides is 1. The fraction of sp³-hybridized carbons (Fsp3) is 0.900. The first-order valence-electron chi connectivity index (χ1n) is 5.63. The third-order valence-corrected chi connectivity index (χ3v) is 1.87. The molecule has 0 fully saturated rings. The molecule has 0 saturated heterocycles. The van der Waals surface area contributed by atoms with Gasteiger partial charge in [-0.3, -0.25) is 0 Å². The summed E-state index contributed by atoms with van der Waals surface area (Å²) < 4.78 is 22.8. The van der Waals surface area contributed by atoms with Gasteiger partial charge in [0.25, 0.3) is 0 Å². The molecule has 0 bridgehead atoms. The topological polar surface area (TPSA) is 93.8 Å². The highest BCUT2D eigenvalue weighted by atomic mass is 19.1. The predicted octanol–water partition coefficient (Wildman–Crippen LogP) is 0.364. The Kier molecular flexibility index (Phi) is 10.9. The van der Waals surface area contributed by atoms with Gasteiger partial charge in [0.2, 0.25) is 0 Å². The maximum atomic E-state index is 12.6. The van der Waals surface area contributed by atoms with Crippen molar-refractivity contribution in [3.8, 4) is 0 Å². The van der Waals surface area contributed by atoms with Crippen LogP contribution >= 0.6 is 0 Å². The van der Waals surface area contributed by atoms with Gasteiger partial charge in [-0.05, 0) is 12.8 Å². The second kappa shape index (κ2) is 11.6. The molecule has 102 valence electrons. The Morgan fingerprint density at radius 3 is 2.59 bits per heavy atom. The molecule has 0 heterocycles. The van der Waals surface area contributed by atoms with E-state index in [0.29, 0.717) is 39.2 Å². The minimum Gasteiger partial charge on any atom is -0.465 e. The molecule has 0 radical (unpaired) electrons. The third kappa shape index (κ3) is 13.0. The molecule has 0 saturated carbocycles. The molecule has 0 aromatic heterocycles. The van der Waals surface area contributed by atoms with Gasteiger partial charge in [0.1, 0.15) is 6.17 Å². The van der Waals surface area contributed by atoms with Crippen molar-refractivity contribution in [3.63, 3.8) is 0 Å². The molecule has 0 rings (SSSR count). The van der Waals surface area contributed by atoms with Crippen LogP contribution in [0.1, 0.15) is 12.8 Å². The van der Waals surface area contributed by atoms with E-state index < -0.39 is 12.3 Å². The van der Waals surface area contributed by atoms with Gasteiger partial charge in [-0.2, -0.15) is 0 Å². The van der Waals surface area contributed by atoms with Crippen molar-refractivity contribution < 1.29 is 23.8 Å². The number of carbonyl (C=O) groups is 1. The van der Waals surface area contributed by atoms with Crippen molar-refractivity contribution >= 4 is 6.09 Å². The molecular weight excluding hydrogens is 231 g/mol. The summed E-state index contributed by atoms with van der Waals surface area (Å²) in [7, 11) is 0. The largest absolute Gasteiger partial charge is 0.465 e. The Bertz CT molecular complexity index is 195. The summed E-state index contributed by atoms with van der Waals surface area (Å²) in [4.78, 5) is 10.1. The molecule has 0 aliphatic heterocycles. The van der Waals surface area contributed by atoms with E-state index in [2.05, 4.69) is 5.32 Å². The predicted molar refractivity (Wildman–Crippen MR) is 60.8 cm³/mol. The molecule has 6 nitrogen and oxygen atoms in total. The lowest BCUT2D eigenvalue weighted by Gasteiger charge is -2.07. The summed E-state index contributed by atoms with van der Waals surface area (Å²) in [6, 6.07) is 0. The van der Waals surface area contributed by atoms with Crippen molar-refractivity contribution in [2.75, 3.05) is 39.5 Å². The van der Waals surface area contributed by atoms with Crippen molar-refractivity contribution in [2.45, 2.75) is 19.0 Å². The van der Waals surface area contributed by atoms with Crippen LogP contribution < -0.4 is 11.1 Å². The smallest absolute Gasteiger partial charge is 0.404 e. The van der Waals surface area contributed by atoms with Crippen LogP contribution in [0.25, 0.3) is 0 Å². The highest BCUT2D eigenvalue weighted by molar-refractivity contribution is 5.64. The number of hydrogen-bond donors (Lipinski definition) is 3.